The van der Waals surface area contributed by atoms with Crippen LogP contribution < -0.4 is 16.8 Å². The molecule has 6 N–H and O–H groups in total. The van der Waals surface area contributed by atoms with Gasteiger partial charge in [-0.2, -0.15) is 5.26 Å². The van der Waals surface area contributed by atoms with Crippen molar-refractivity contribution in [1.82, 2.24) is 4.98 Å². The predicted molar refractivity (Wildman–Crippen MR) is 64.3 cm³/mol. The van der Waals surface area contributed by atoms with Gasteiger partial charge in [0.2, 0.25) is 0 Å². The molecule has 16 heavy (non-hydrogen) atoms. The molecule has 0 aliphatic rings. The van der Waals surface area contributed by atoms with E-state index in [9.17, 15) is 0 Å². The number of hydrogen-bond donors (Lipinski definition) is 4. The van der Waals surface area contributed by atoms with Crippen molar-refractivity contribution >= 4 is 24.1 Å². The Balaban J connectivity index is 0.00000225. The van der Waals surface area contributed by atoms with Crippen molar-refractivity contribution in [3.05, 3.63) is 23.9 Å². The topological polar surface area (TPSA) is 125 Å². The van der Waals surface area contributed by atoms with E-state index in [1.54, 1.807) is 12.1 Å². The highest BCUT2D eigenvalue weighted by molar-refractivity contribution is 5.85. The van der Waals surface area contributed by atoms with Crippen LogP contribution in [0.4, 0.5) is 5.82 Å². The maximum Gasteiger partial charge on any atom is 0.127 e. The molecule has 1 aromatic heterocycles. The number of nitrogens with two attached hydrogens (primary N) is 2. The second-order valence-electron chi connectivity index (χ2n) is 3.02. The van der Waals surface area contributed by atoms with Gasteiger partial charge in [0.05, 0.1) is 17.6 Å². The van der Waals surface area contributed by atoms with Crippen molar-refractivity contribution in [2.24, 2.45) is 11.5 Å². The molecule has 0 spiro atoms. The van der Waals surface area contributed by atoms with Gasteiger partial charge in [0.1, 0.15) is 11.9 Å². The van der Waals surface area contributed by atoms with Crippen molar-refractivity contribution in [1.29, 1.82) is 10.7 Å². The maximum atomic E-state index is 8.55. The van der Waals surface area contributed by atoms with Crippen LogP contribution in [-0.4, -0.2) is 17.0 Å². The molecular formula is C9H13ClN6. The predicted octanol–water partition coefficient (Wildman–Crippen LogP) is 0.398. The average Bonchev–Trinajstić information content (AvgIpc) is 2.17. The van der Waals surface area contributed by atoms with Gasteiger partial charge >= 0.3 is 0 Å². The van der Waals surface area contributed by atoms with Gasteiger partial charge in [0.15, 0.2) is 0 Å². The number of aromatic nitrogens is 1. The van der Waals surface area contributed by atoms with Crippen LogP contribution >= 0.6 is 12.4 Å². The molecule has 0 amide bonds. The van der Waals surface area contributed by atoms with Gasteiger partial charge in [-0.25, -0.2) is 4.98 Å². The van der Waals surface area contributed by atoms with Gasteiger partial charge in [0.25, 0.3) is 0 Å². The molecule has 0 fully saturated rings. The zero-order chi connectivity index (χ0) is 11.3. The molecular weight excluding hydrogens is 228 g/mol. The SMILES string of the molecule is Cl.N#Cc1ccc(NC(N)CC(=N)N)nc1. The summed E-state index contributed by atoms with van der Waals surface area (Å²) in [6, 6.07) is 5.25. The number of rotatable bonds is 4. The van der Waals surface area contributed by atoms with Crippen LogP contribution in [0.2, 0.25) is 0 Å². The van der Waals surface area contributed by atoms with E-state index in [1.807, 2.05) is 6.07 Å². The van der Waals surface area contributed by atoms with Crippen LogP contribution in [0.25, 0.3) is 0 Å². The van der Waals surface area contributed by atoms with Crippen molar-refractivity contribution in [3.8, 4) is 6.07 Å². The van der Waals surface area contributed by atoms with Crippen molar-refractivity contribution in [3.63, 3.8) is 0 Å². The molecule has 6 nitrogen and oxygen atoms in total. The Morgan fingerprint density at radius 2 is 2.31 bits per heavy atom. The Bertz CT molecular complexity index is 382. The Morgan fingerprint density at radius 3 is 2.75 bits per heavy atom. The lowest BCUT2D eigenvalue weighted by atomic mass is 10.3. The van der Waals surface area contributed by atoms with E-state index in [0.29, 0.717) is 11.4 Å². The van der Waals surface area contributed by atoms with E-state index in [4.69, 9.17) is 22.1 Å². The van der Waals surface area contributed by atoms with Gasteiger partial charge < -0.3 is 16.8 Å². The van der Waals surface area contributed by atoms with Gasteiger partial charge in [-0.05, 0) is 12.1 Å². The smallest absolute Gasteiger partial charge is 0.127 e. The second kappa shape index (κ2) is 6.61. The molecule has 1 atom stereocenters. The third-order valence-electron chi connectivity index (χ3n) is 1.67. The summed E-state index contributed by atoms with van der Waals surface area (Å²) in [4.78, 5) is 3.97. The summed E-state index contributed by atoms with van der Waals surface area (Å²) in [5.74, 6) is 0.575. The zero-order valence-corrected chi connectivity index (χ0v) is 9.29. The first-order valence-electron chi connectivity index (χ1n) is 4.33. The van der Waals surface area contributed by atoms with E-state index in [0.717, 1.165) is 0 Å². The third kappa shape index (κ3) is 4.59. The average molecular weight is 241 g/mol. The molecule has 86 valence electrons. The number of hydrogen-bond acceptors (Lipinski definition) is 5. The highest BCUT2D eigenvalue weighted by atomic mass is 35.5. The lowest BCUT2D eigenvalue weighted by Crippen LogP contribution is -2.34. The molecule has 0 aliphatic carbocycles. The van der Waals surface area contributed by atoms with Crippen LogP contribution in [0.3, 0.4) is 0 Å². The maximum absolute atomic E-state index is 8.55. The molecule has 1 heterocycles. The summed E-state index contributed by atoms with van der Waals surface area (Å²) >= 11 is 0. The Hall–Kier alpha value is -1.84. The molecule has 0 saturated carbocycles. The lowest BCUT2D eigenvalue weighted by molar-refractivity contribution is 0.783. The Morgan fingerprint density at radius 1 is 1.62 bits per heavy atom. The van der Waals surface area contributed by atoms with E-state index >= 15 is 0 Å². The van der Waals surface area contributed by atoms with E-state index in [-0.39, 0.29) is 24.7 Å². The molecule has 1 aromatic rings. The number of nitrogens with one attached hydrogen (secondary N) is 2. The molecule has 0 radical (unpaired) electrons. The molecule has 7 heteroatoms. The minimum atomic E-state index is -0.442. The molecule has 1 unspecified atom stereocenters. The summed E-state index contributed by atoms with van der Waals surface area (Å²) in [6.45, 7) is 0. The number of pyridine rings is 1. The minimum Gasteiger partial charge on any atom is -0.388 e. The quantitative estimate of drug-likeness (QED) is 0.344. The van der Waals surface area contributed by atoms with Crippen LogP contribution in [0.15, 0.2) is 18.3 Å². The summed E-state index contributed by atoms with van der Waals surface area (Å²) in [5.41, 5.74) is 11.3. The van der Waals surface area contributed by atoms with Gasteiger partial charge in [0, 0.05) is 12.6 Å². The van der Waals surface area contributed by atoms with Crippen molar-refractivity contribution in [2.45, 2.75) is 12.6 Å². The zero-order valence-electron chi connectivity index (χ0n) is 8.47. The number of amidine groups is 1. The summed E-state index contributed by atoms with van der Waals surface area (Å²) in [5, 5.41) is 18.5. The molecule has 0 bridgehead atoms. The summed E-state index contributed by atoms with van der Waals surface area (Å²) in [6.07, 6.45) is 1.26. The number of nitrogens with zero attached hydrogens (tertiary/aromatic N) is 2. The minimum absolute atomic E-state index is 0. The molecule has 0 saturated heterocycles. The lowest BCUT2D eigenvalue weighted by Gasteiger charge is -2.13. The Kier molecular flexibility index (Phi) is 5.85. The fourth-order valence-corrected chi connectivity index (χ4v) is 1.02. The normalized spacial score (nSPS) is 10.8. The second-order valence-corrected chi connectivity index (χ2v) is 3.02. The highest BCUT2D eigenvalue weighted by Crippen LogP contribution is 2.05. The van der Waals surface area contributed by atoms with Crippen molar-refractivity contribution < 1.29 is 0 Å². The summed E-state index contributed by atoms with van der Waals surface area (Å²) in [7, 11) is 0. The van der Waals surface area contributed by atoms with E-state index in [1.165, 1.54) is 6.20 Å². The van der Waals surface area contributed by atoms with Crippen LogP contribution in [-0.2, 0) is 0 Å². The molecule has 1 rings (SSSR count). The van der Waals surface area contributed by atoms with Crippen LogP contribution in [0.5, 0.6) is 0 Å². The largest absolute Gasteiger partial charge is 0.388 e. The molecule has 0 aliphatic heterocycles. The standard InChI is InChI=1S/C9H12N6.ClH/c10-4-6-1-2-9(14-5-6)15-8(13)3-7(11)12;/h1-2,5,8H,3,13H2,(H3,11,12)(H,14,15);1H. The number of anilines is 1. The van der Waals surface area contributed by atoms with Gasteiger partial charge in [-0.3, -0.25) is 5.41 Å². The van der Waals surface area contributed by atoms with E-state index < -0.39 is 6.17 Å². The highest BCUT2D eigenvalue weighted by Gasteiger charge is 2.04. The summed E-state index contributed by atoms with van der Waals surface area (Å²) < 4.78 is 0. The van der Waals surface area contributed by atoms with Crippen LogP contribution in [0.1, 0.15) is 12.0 Å². The first-order chi connectivity index (χ1) is 7.11. The van der Waals surface area contributed by atoms with Crippen LogP contribution in [0, 0.1) is 16.7 Å². The van der Waals surface area contributed by atoms with E-state index in [2.05, 4.69) is 10.3 Å². The van der Waals surface area contributed by atoms with Gasteiger partial charge in [-0.15, -0.1) is 12.4 Å². The Labute approximate surface area is 99.6 Å². The third-order valence-corrected chi connectivity index (χ3v) is 1.67. The van der Waals surface area contributed by atoms with Crippen molar-refractivity contribution in [2.75, 3.05) is 5.32 Å². The molecule has 0 aromatic carbocycles. The number of nitriles is 1. The number of halogens is 1. The first kappa shape index (κ1) is 14.2. The van der Waals surface area contributed by atoms with Gasteiger partial charge in [-0.1, -0.05) is 0 Å². The fraction of sp³-hybridized carbons (Fsp3) is 0.222. The first-order valence-corrected chi connectivity index (χ1v) is 4.33. The fourth-order valence-electron chi connectivity index (χ4n) is 1.02. The monoisotopic (exact) mass is 240 g/mol.